The monoisotopic (exact) mass is 1600 g/mol. The highest BCUT2D eigenvalue weighted by molar-refractivity contribution is 6.13. The Balaban J connectivity index is 0.654. The van der Waals surface area contributed by atoms with Gasteiger partial charge in [0.15, 0.2) is 0 Å². The van der Waals surface area contributed by atoms with Crippen LogP contribution in [0.15, 0.2) is 395 Å². The SMILES string of the molecule is N#Cc1ccc(-c2cc3ccc(-c4ccc5c(-c6ccc7ccc8cccnc8c7n6)cc(-c6cc(-c7ccc(C#N)cc7)c7ccccc7c6)cc5c4)cc3cc2-c2cc(-c3ccc4ccc5cccnc5c4n3)c3cc(-c4cc(C#N)ccc4-c4cccc5ccc(-c6ccc7c(-c8ccc9ccc%10cccnc%10c9n8)cccc7c6)cc45)ccc3c2)cc1. The van der Waals surface area contributed by atoms with E-state index in [2.05, 4.69) is 328 Å². The molecule has 126 heavy (non-hydrogen) atoms. The van der Waals surface area contributed by atoms with Crippen molar-refractivity contribution in [2.75, 3.05) is 0 Å². The Kier molecular flexibility index (Phi) is 16.9. The van der Waals surface area contributed by atoms with Crippen LogP contribution < -0.4 is 0 Å². The van der Waals surface area contributed by atoms with Gasteiger partial charge in [0, 0.05) is 67.6 Å². The van der Waals surface area contributed by atoms with Crippen LogP contribution in [0.2, 0.25) is 0 Å². The van der Waals surface area contributed by atoms with E-state index >= 15 is 0 Å². The van der Waals surface area contributed by atoms with Gasteiger partial charge in [-0.25, -0.2) is 15.0 Å². The lowest BCUT2D eigenvalue weighted by Crippen LogP contribution is -1.94. The van der Waals surface area contributed by atoms with Gasteiger partial charge in [-0.3, -0.25) is 15.0 Å². The van der Waals surface area contributed by atoms with E-state index in [1.807, 2.05) is 85.3 Å². The van der Waals surface area contributed by atoms with E-state index in [9.17, 15) is 15.8 Å². The lowest BCUT2D eigenvalue weighted by atomic mass is 9.86. The van der Waals surface area contributed by atoms with Gasteiger partial charge in [0.05, 0.1) is 85.1 Å². The van der Waals surface area contributed by atoms with Crippen LogP contribution in [0.25, 0.3) is 253 Å². The van der Waals surface area contributed by atoms with E-state index in [1.165, 1.54) is 0 Å². The number of aromatic nitrogens is 6. The van der Waals surface area contributed by atoms with Crippen molar-refractivity contribution in [3.8, 4) is 141 Å². The summed E-state index contributed by atoms with van der Waals surface area (Å²) in [6, 6.07) is 140. The predicted octanol–water partition coefficient (Wildman–Crippen LogP) is 29.8. The van der Waals surface area contributed by atoms with E-state index in [0.29, 0.717) is 16.7 Å². The molecule has 0 saturated heterocycles. The van der Waals surface area contributed by atoms with Crippen molar-refractivity contribution in [1.82, 2.24) is 29.9 Å². The lowest BCUT2D eigenvalue weighted by molar-refractivity contribution is 1.37. The molecule has 6 aromatic heterocycles. The molecule has 0 saturated carbocycles. The second-order valence-electron chi connectivity index (χ2n) is 32.6. The Morgan fingerprint density at radius 1 is 0.159 bits per heavy atom. The van der Waals surface area contributed by atoms with Crippen molar-refractivity contribution in [2.45, 2.75) is 0 Å². The molecule has 578 valence electrons. The molecule has 24 aromatic rings. The summed E-state index contributed by atoms with van der Waals surface area (Å²) in [5, 5.41) is 49.8. The van der Waals surface area contributed by atoms with Crippen molar-refractivity contribution in [1.29, 1.82) is 15.8 Å². The van der Waals surface area contributed by atoms with Gasteiger partial charge in [-0.15, -0.1) is 0 Å². The van der Waals surface area contributed by atoms with E-state index in [1.54, 1.807) is 0 Å². The molecule has 0 aliphatic rings. The van der Waals surface area contributed by atoms with Crippen LogP contribution in [0, 0.1) is 34.0 Å². The number of rotatable bonds is 11. The third-order valence-electron chi connectivity index (χ3n) is 25.3. The zero-order valence-corrected chi connectivity index (χ0v) is 67.6. The second kappa shape index (κ2) is 29.4. The smallest absolute Gasteiger partial charge is 0.0991 e. The van der Waals surface area contributed by atoms with Crippen LogP contribution >= 0.6 is 0 Å². The lowest BCUT2D eigenvalue weighted by Gasteiger charge is -2.18. The number of nitriles is 3. The standard InChI is InChI=1S/C117H65N9/c118-66-69-17-22-73(23-18-69)102-63-91(56-86-8-1-2-14-95(86)102)92-58-93-55-83(39-45-97(93)107(64-92)110-47-41-79-31-28-76-12-6-50-122-113(76)116(79)125-110)81-34-35-85-60-104(74-24-19-70(67-119)20-25-74)106(62-90(85)54-81)94-57-88-36-37-89(61-105(88)108(65-94)111-48-42-80-32-29-77-13-7-51-123-114(77)117(80)126-111)101-52-71(68-120)21-43-99(101)98-15-3-9-72-26-33-84(59-103(72)98)82-38-44-96-87(53-82)10-4-16-100(96)109-46-40-78-30-27-75-11-5-49-121-112(75)115(78)124-109/h1-65H. The van der Waals surface area contributed by atoms with Crippen molar-refractivity contribution < 1.29 is 0 Å². The van der Waals surface area contributed by atoms with Gasteiger partial charge in [0.1, 0.15) is 0 Å². The summed E-state index contributed by atoms with van der Waals surface area (Å²) in [6.07, 6.45) is 5.50. The van der Waals surface area contributed by atoms with Gasteiger partial charge in [-0.2, -0.15) is 15.8 Å². The quantitative estimate of drug-likeness (QED) is 0.115. The first-order chi connectivity index (χ1) is 62.2. The fourth-order valence-electron chi connectivity index (χ4n) is 19.0. The minimum absolute atomic E-state index is 0.550. The highest BCUT2D eigenvalue weighted by atomic mass is 14.8. The minimum Gasteiger partial charge on any atom is -0.254 e. The highest BCUT2D eigenvalue weighted by Gasteiger charge is 2.23. The maximum Gasteiger partial charge on any atom is 0.0991 e. The van der Waals surface area contributed by atoms with Gasteiger partial charge >= 0.3 is 0 Å². The van der Waals surface area contributed by atoms with Gasteiger partial charge < -0.3 is 0 Å². The third-order valence-corrected chi connectivity index (χ3v) is 25.3. The molecule has 0 amide bonds. The summed E-state index contributed by atoms with van der Waals surface area (Å²) in [7, 11) is 0. The molecule has 0 N–H and O–H groups in total. The van der Waals surface area contributed by atoms with Gasteiger partial charge in [-0.05, 0) is 305 Å². The topological polar surface area (TPSA) is 149 Å². The average Bonchev–Trinajstić information content (AvgIpc) is 0.749. The van der Waals surface area contributed by atoms with Gasteiger partial charge in [0.25, 0.3) is 0 Å². The van der Waals surface area contributed by atoms with E-state index < -0.39 is 0 Å². The molecule has 0 unspecified atom stereocenters. The normalized spacial score (nSPS) is 11.6. The first-order valence-corrected chi connectivity index (χ1v) is 42.0. The first-order valence-electron chi connectivity index (χ1n) is 42.0. The zero-order chi connectivity index (χ0) is 83.6. The molecule has 0 aliphatic heterocycles. The van der Waals surface area contributed by atoms with E-state index in [4.69, 9.17) is 29.9 Å². The Labute approximate surface area is 723 Å². The van der Waals surface area contributed by atoms with Crippen molar-refractivity contribution in [3.05, 3.63) is 411 Å². The Morgan fingerprint density at radius 3 is 1.13 bits per heavy atom. The molecule has 0 atom stereocenters. The summed E-state index contributed by atoms with van der Waals surface area (Å²) >= 11 is 0. The maximum absolute atomic E-state index is 10.8. The fraction of sp³-hybridized carbons (Fsp3) is 0. The molecule has 9 heteroatoms. The molecule has 0 bridgehead atoms. The molecule has 0 radical (unpaired) electrons. The predicted molar refractivity (Wildman–Crippen MR) is 517 cm³/mol. The zero-order valence-electron chi connectivity index (χ0n) is 67.6. The Bertz CT molecular complexity index is 8960. The average molecular weight is 1600 g/mol. The summed E-state index contributed by atoms with van der Waals surface area (Å²) < 4.78 is 0. The summed E-state index contributed by atoms with van der Waals surface area (Å²) in [4.78, 5) is 30.9. The van der Waals surface area contributed by atoms with Crippen molar-refractivity contribution in [2.24, 2.45) is 0 Å². The molecule has 18 aromatic carbocycles. The van der Waals surface area contributed by atoms with Crippen molar-refractivity contribution >= 4 is 130 Å². The molecule has 24 rings (SSSR count). The van der Waals surface area contributed by atoms with Gasteiger partial charge in [-0.1, -0.05) is 224 Å². The number of hydrogen-bond acceptors (Lipinski definition) is 9. The Morgan fingerprint density at radius 2 is 0.516 bits per heavy atom. The van der Waals surface area contributed by atoms with Crippen LogP contribution in [0.4, 0.5) is 0 Å². The minimum atomic E-state index is 0.550. The first kappa shape index (κ1) is 72.5. The van der Waals surface area contributed by atoms with Crippen LogP contribution in [0.3, 0.4) is 0 Å². The Hall–Kier alpha value is -17.6. The van der Waals surface area contributed by atoms with Crippen LogP contribution in [0.1, 0.15) is 16.7 Å². The van der Waals surface area contributed by atoms with Crippen LogP contribution in [-0.2, 0) is 0 Å². The summed E-state index contributed by atoms with van der Waals surface area (Å²) in [6.45, 7) is 0. The molecule has 0 fully saturated rings. The fourth-order valence-corrected chi connectivity index (χ4v) is 19.0. The summed E-state index contributed by atoms with van der Waals surface area (Å²) in [5.41, 5.74) is 28.6. The molecule has 0 spiro atoms. The van der Waals surface area contributed by atoms with E-state index in [-0.39, 0.29) is 0 Å². The molecule has 9 nitrogen and oxygen atoms in total. The molecule has 6 heterocycles. The third kappa shape index (κ3) is 12.4. The highest BCUT2D eigenvalue weighted by Crippen LogP contribution is 2.48. The van der Waals surface area contributed by atoms with Crippen LogP contribution in [-0.4, -0.2) is 29.9 Å². The van der Waals surface area contributed by atoms with Crippen molar-refractivity contribution in [3.63, 3.8) is 0 Å². The molecular formula is C117H65N9. The second-order valence-corrected chi connectivity index (χ2v) is 32.6. The largest absolute Gasteiger partial charge is 0.254 e. The number of nitrogens with zero attached hydrogens (tertiary/aromatic N) is 9. The molecular weight excluding hydrogens is 1530 g/mol. The van der Waals surface area contributed by atoms with Crippen LogP contribution in [0.5, 0.6) is 0 Å². The number of hydrogen-bond donors (Lipinski definition) is 0. The van der Waals surface area contributed by atoms with E-state index in [0.717, 1.165) is 253 Å². The number of fused-ring (bicyclic) bond motifs is 15. The number of benzene rings is 18. The number of pyridine rings is 6. The molecule has 0 aliphatic carbocycles. The summed E-state index contributed by atoms with van der Waals surface area (Å²) in [5.74, 6) is 0. The van der Waals surface area contributed by atoms with Gasteiger partial charge in [0.2, 0.25) is 0 Å². The maximum atomic E-state index is 10.8.